The number of fused-ring (bicyclic) bond motifs is 2. The van der Waals surface area contributed by atoms with E-state index in [1.807, 2.05) is 0 Å². The van der Waals surface area contributed by atoms with Crippen LogP contribution in [-0.4, -0.2) is 12.7 Å². The van der Waals surface area contributed by atoms with Crippen LogP contribution in [0.15, 0.2) is 18.2 Å². The number of hydrogen-bond donors (Lipinski definition) is 0. The molecule has 5 unspecified atom stereocenters. The summed E-state index contributed by atoms with van der Waals surface area (Å²) in [6, 6.07) is 7.43. The Morgan fingerprint density at radius 3 is 2.44 bits per heavy atom. The standard InChI is InChI=1S/C26H40O/c1-3-5-6-19-7-8-21-16-22(10-9-20(21)15-19)23-11-12-25-18-26(27-4-2)14-13-24(25)17-23/h7-8,15,22-26H,3-6,9-14,16-18H2,1-2H3. The lowest BCUT2D eigenvalue weighted by atomic mass is 9.62. The fourth-order valence-corrected chi connectivity index (χ4v) is 6.47. The van der Waals surface area contributed by atoms with Gasteiger partial charge in [-0.1, -0.05) is 31.5 Å². The number of aryl methyl sites for hydroxylation is 2. The van der Waals surface area contributed by atoms with Crippen molar-refractivity contribution < 1.29 is 4.74 Å². The number of benzene rings is 1. The van der Waals surface area contributed by atoms with Crippen LogP contribution in [-0.2, 0) is 24.0 Å². The predicted octanol–water partition coefficient (Wildman–Crippen LogP) is 6.76. The second-order valence-electron chi connectivity index (χ2n) is 9.69. The SMILES string of the molecule is CCCCc1ccc2c(c1)CCC(C1CCC3CC(OCC)CCC3C1)C2. The van der Waals surface area contributed by atoms with Gasteiger partial charge >= 0.3 is 0 Å². The van der Waals surface area contributed by atoms with Crippen LogP contribution in [0, 0.1) is 23.7 Å². The molecule has 0 bridgehead atoms. The Kier molecular flexibility index (Phi) is 6.58. The summed E-state index contributed by atoms with van der Waals surface area (Å²) in [5.74, 6) is 3.90. The monoisotopic (exact) mass is 368 g/mol. The van der Waals surface area contributed by atoms with Crippen LogP contribution < -0.4 is 0 Å². The third-order valence-electron chi connectivity index (χ3n) is 8.03. The lowest BCUT2D eigenvalue weighted by molar-refractivity contribution is -0.0192. The van der Waals surface area contributed by atoms with Crippen molar-refractivity contribution in [3.05, 3.63) is 34.9 Å². The third-order valence-corrected chi connectivity index (χ3v) is 8.03. The van der Waals surface area contributed by atoms with Crippen molar-refractivity contribution in [3.63, 3.8) is 0 Å². The molecule has 0 amide bonds. The number of ether oxygens (including phenoxy) is 1. The third kappa shape index (κ3) is 4.61. The molecular weight excluding hydrogens is 328 g/mol. The molecule has 0 N–H and O–H groups in total. The smallest absolute Gasteiger partial charge is 0.0577 e. The molecule has 0 heterocycles. The fraction of sp³-hybridized carbons (Fsp3) is 0.769. The van der Waals surface area contributed by atoms with Crippen molar-refractivity contribution in [2.75, 3.05) is 6.61 Å². The van der Waals surface area contributed by atoms with E-state index in [-0.39, 0.29) is 0 Å². The van der Waals surface area contributed by atoms with E-state index in [0.717, 1.165) is 30.3 Å². The van der Waals surface area contributed by atoms with Crippen molar-refractivity contribution in [3.8, 4) is 0 Å². The summed E-state index contributed by atoms with van der Waals surface area (Å²) in [7, 11) is 0. The Morgan fingerprint density at radius 1 is 0.852 bits per heavy atom. The van der Waals surface area contributed by atoms with Crippen LogP contribution in [0.2, 0.25) is 0 Å². The fourth-order valence-electron chi connectivity index (χ4n) is 6.47. The lowest BCUT2D eigenvalue weighted by Crippen LogP contribution is -2.37. The van der Waals surface area contributed by atoms with Gasteiger partial charge in [0, 0.05) is 6.61 Å². The lowest BCUT2D eigenvalue weighted by Gasteiger charge is -2.44. The van der Waals surface area contributed by atoms with Gasteiger partial charge in [-0.15, -0.1) is 0 Å². The maximum atomic E-state index is 5.95. The molecular formula is C26H40O. The molecule has 0 aliphatic heterocycles. The van der Waals surface area contributed by atoms with E-state index < -0.39 is 0 Å². The molecule has 1 nitrogen and oxygen atoms in total. The molecule has 3 aliphatic rings. The molecule has 2 fully saturated rings. The maximum Gasteiger partial charge on any atom is 0.0577 e. The highest BCUT2D eigenvalue weighted by Gasteiger charge is 2.38. The molecule has 1 aromatic rings. The second kappa shape index (κ2) is 9.12. The normalized spacial score (nSPS) is 33.3. The average molecular weight is 369 g/mol. The van der Waals surface area contributed by atoms with E-state index in [0.29, 0.717) is 6.10 Å². The summed E-state index contributed by atoms with van der Waals surface area (Å²) in [5.41, 5.74) is 4.92. The van der Waals surface area contributed by atoms with E-state index >= 15 is 0 Å². The zero-order valence-corrected chi connectivity index (χ0v) is 17.7. The van der Waals surface area contributed by atoms with E-state index in [4.69, 9.17) is 4.74 Å². The molecule has 3 aliphatic carbocycles. The summed E-state index contributed by atoms with van der Waals surface area (Å²) >= 11 is 0. The van der Waals surface area contributed by atoms with E-state index in [1.54, 1.807) is 16.7 Å². The molecule has 0 saturated heterocycles. The Balaban J connectivity index is 1.33. The summed E-state index contributed by atoms with van der Waals surface area (Å²) in [5, 5.41) is 0. The summed E-state index contributed by atoms with van der Waals surface area (Å²) in [6.45, 7) is 5.34. The molecule has 0 spiro atoms. The van der Waals surface area contributed by atoms with Gasteiger partial charge in [0.15, 0.2) is 0 Å². The predicted molar refractivity (Wildman–Crippen MR) is 114 cm³/mol. The minimum atomic E-state index is 0.566. The molecule has 4 rings (SSSR count). The largest absolute Gasteiger partial charge is 0.378 e. The van der Waals surface area contributed by atoms with Crippen molar-refractivity contribution in [2.45, 2.75) is 97.0 Å². The summed E-state index contributed by atoms with van der Waals surface area (Å²) in [4.78, 5) is 0. The van der Waals surface area contributed by atoms with E-state index in [2.05, 4.69) is 32.0 Å². The van der Waals surface area contributed by atoms with Gasteiger partial charge in [0.05, 0.1) is 6.10 Å². The van der Waals surface area contributed by atoms with Crippen LogP contribution in [0.1, 0.15) is 88.3 Å². The highest BCUT2D eigenvalue weighted by atomic mass is 16.5. The first kappa shape index (κ1) is 19.5. The molecule has 5 atom stereocenters. The van der Waals surface area contributed by atoms with Gasteiger partial charge in [-0.3, -0.25) is 0 Å². The zero-order valence-electron chi connectivity index (χ0n) is 17.7. The summed E-state index contributed by atoms with van der Waals surface area (Å²) < 4.78 is 5.95. The molecule has 2 saturated carbocycles. The molecule has 150 valence electrons. The van der Waals surface area contributed by atoms with Gasteiger partial charge in [-0.25, -0.2) is 0 Å². The number of hydrogen-bond acceptors (Lipinski definition) is 1. The number of unbranched alkanes of at least 4 members (excludes halogenated alkanes) is 1. The van der Waals surface area contributed by atoms with Gasteiger partial charge in [0.1, 0.15) is 0 Å². The van der Waals surface area contributed by atoms with Crippen molar-refractivity contribution in [1.29, 1.82) is 0 Å². The van der Waals surface area contributed by atoms with E-state index in [9.17, 15) is 0 Å². The Hall–Kier alpha value is -0.820. The molecule has 1 heteroatoms. The summed E-state index contributed by atoms with van der Waals surface area (Å²) in [6.07, 6.45) is 17.1. The van der Waals surface area contributed by atoms with Crippen molar-refractivity contribution in [2.24, 2.45) is 23.7 Å². The zero-order chi connectivity index (χ0) is 18.6. The highest BCUT2D eigenvalue weighted by molar-refractivity contribution is 5.34. The van der Waals surface area contributed by atoms with Gasteiger partial charge in [0.2, 0.25) is 0 Å². The van der Waals surface area contributed by atoms with Crippen LogP contribution >= 0.6 is 0 Å². The van der Waals surface area contributed by atoms with Crippen LogP contribution in [0.5, 0.6) is 0 Å². The second-order valence-corrected chi connectivity index (χ2v) is 9.69. The minimum Gasteiger partial charge on any atom is -0.378 e. The first-order valence-electron chi connectivity index (χ1n) is 12.0. The van der Waals surface area contributed by atoms with Crippen molar-refractivity contribution >= 4 is 0 Å². The van der Waals surface area contributed by atoms with Crippen LogP contribution in [0.4, 0.5) is 0 Å². The van der Waals surface area contributed by atoms with Crippen molar-refractivity contribution in [1.82, 2.24) is 0 Å². The Bertz CT molecular complexity index is 606. The quantitative estimate of drug-likeness (QED) is 0.539. The van der Waals surface area contributed by atoms with Crippen LogP contribution in [0.3, 0.4) is 0 Å². The van der Waals surface area contributed by atoms with Gasteiger partial charge in [0.25, 0.3) is 0 Å². The Morgan fingerprint density at radius 2 is 1.63 bits per heavy atom. The first-order valence-corrected chi connectivity index (χ1v) is 12.0. The first-order chi connectivity index (χ1) is 13.3. The minimum absolute atomic E-state index is 0.566. The van der Waals surface area contributed by atoms with Gasteiger partial charge in [-0.2, -0.15) is 0 Å². The van der Waals surface area contributed by atoms with Gasteiger partial charge < -0.3 is 4.74 Å². The molecule has 0 radical (unpaired) electrons. The van der Waals surface area contributed by atoms with Crippen LogP contribution in [0.25, 0.3) is 0 Å². The highest BCUT2D eigenvalue weighted by Crippen LogP contribution is 2.47. The average Bonchev–Trinajstić information content (AvgIpc) is 2.71. The Labute approximate surface area is 167 Å². The molecule has 27 heavy (non-hydrogen) atoms. The molecule has 0 aromatic heterocycles. The molecule has 1 aromatic carbocycles. The topological polar surface area (TPSA) is 9.23 Å². The number of rotatable bonds is 6. The maximum absolute atomic E-state index is 5.95. The van der Waals surface area contributed by atoms with E-state index in [1.165, 1.54) is 77.0 Å². The van der Waals surface area contributed by atoms with Gasteiger partial charge in [-0.05, 0) is 118 Å².